The molecule has 1 aromatic carbocycles. The molecule has 2 rings (SSSR count). The number of carbonyl (C=O) groups is 2. The molecule has 0 bridgehead atoms. The van der Waals surface area contributed by atoms with Crippen molar-refractivity contribution < 1.29 is 14.0 Å². The lowest BCUT2D eigenvalue weighted by Gasteiger charge is -2.35. The molecule has 1 heterocycles. The molecule has 1 aliphatic rings. The van der Waals surface area contributed by atoms with Gasteiger partial charge in [-0.1, -0.05) is 0 Å². The number of hydrogen-bond donors (Lipinski definition) is 0. The van der Waals surface area contributed by atoms with Crippen LogP contribution in [0.4, 0.5) is 4.39 Å². The molecule has 0 unspecified atom stereocenters. The summed E-state index contributed by atoms with van der Waals surface area (Å²) in [6.07, 6.45) is 0.322. The highest BCUT2D eigenvalue weighted by Gasteiger charge is 2.24. The Morgan fingerprint density at radius 2 is 1.83 bits per heavy atom. The van der Waals surface area contributed by atoms with E-state index in [-0.39, 0.29) is 17.6 Å². The first-order chi connectivity index (χ1) is 11.5. The molecule has 7 heteroatoms. The van der Waals surface area contributed by atoms with Gasteiger partial charge < -0.3 is 9.80 Å². The fraction of sp³-hybridized carbons (Fsp3) is 0.471. The van der Waals surface area contributed by atoms with Crippen LogP contribution in [0.2, 0.25) is 0 Å². The van der Waals surface area contributed by atoms with Crippen molar-refractivity contribution >= 4 is 11.8 Å². The highest BCUT2D eigenvalue weighted by atomic mass is 19.1. The topological polar surface area (TPSA) is 67.7 Å². The standard InChI is InChI=1S/C17H21FN4O2/c1-20(8-2-7-19)16(23)13-21-9-11-22(12-10-21)17(24)14-3-5-15(18)6-4-14/h3-6H,2,8-13H2,1H3. The molecule has 0 N–H and O–H groups in total. The van der Waals surface area contributed by atoms with Crippen LogP contribution in [0.15, 0.2) is 24.3 Å². The van der Waals surface area contributed by atoms with Crippen LogP contribution in [0.5, 0.6) is 0 Å². The van der Waals surface area contributed by atoms with E-state index >= 15 is 0 Å². The van der Waals surface area contributed by atoms with Crippen LogP contribution >= 0.6 is 0 Å². The summed E-state index contributed by atoms with van der Waals surface area (Å²) >= 11 is 0. The van der Waals surface area contributed by atoms with E-state index in [1.807, 2.05) is 11.0 Å². The Bertz CT molecular complexity index is 618. The van der Waals surface area contributed by atoms with Crippen LogP contribution in [-0.2, 0) is 4.79 Å². The summed E-state index contributed by atoms with van der Waals surface area (Å²) in [5.41, 5.74) is 0.470. The molecule has 1 aromatic rings. The first-order valence-corrected chi connectivity index (χ1v) is 7.89. The Morgan fingerprint density at radius 3 is 2.42 bits per heavy atom. The van der Waals surface area contributed by atoms with Gasteiger partial charge in [-0.3, -0.25) is 14.5 Å². The van der Waals surface area contributed by atoms with Crippen molar-refractivity contribution in [3.8, 4) is 6.07 Å². The number of piperazine rings is 1. The minimum absolute atomic E-state index is 0.0245. The van der Waals surface area contributed by atoms with Crippen molar-refractivity contribution in [3.63, 3.8) is 0 Å². The van der Waals surface area contributed by atoms with E-state index in [0.717, 1.165) is 0 Å². The number of amides is 2. The van der Waals surface area contributed by atoms with Crippen LogP contribution in [0.1, 0.15) is 16.8 Å². The summed E-state index contributed by atoms with van der Waals surface area (Å²) in [6.45, 7) is 3.02. The highest BCUT2D eigenvalue weighted by Crippen LogP contribution is 2.10. The summed E-state index contributed by atoms with van der Waals surface area (Å²) in [4.78, 5) is 29.7. The van der Waals surface area contributed by atoms with Gasteiger partial charge in [-0.2, -0.15) is 5.26 Å². The zero-order valence-corrected chi connectivity index (χ0v) is 13.7. The van der Waals surface area contributed by atoms with Gasteiger partial charge in [0.15, 0.2) is 0 Å². The molecule has 1 aliphatic heterocycles. The Hall–Kier alpha value is -2.46. The molecule has 0 radical (unpaired) electrons. The number of benzene rings is 1. The van der Waals surface area contributed by atoms with Crippen LogP contribution in [0, 0.1) is 17.1 Å². The summed E-state index contributed by atoms with van der Waals surface area (Å²) < 4.78 is 12.9. The van der Waals surface area contributed by atoms with Gasteiger partial charge in [0.05, 0.1) is 19.0 Å². The zero-order chi connectivity index (χ0) is 17.5. The quantitative estimate of drug-likeness (QED) is 0.805. The second-order valence-corrected chi connectivity index (χ2v) is 5.80. The molecule has 0 aliphatic carbocycles. The molecule has 2 amide bonds. The lowest BCUT2D eigenvalue weighted by atomic mass is 10.2. The van der Waals surface area contributed by atoms with Crippen molar-refractivity contribution in [3.05, 3.63) is 35.6 Å². The molecule has 0 aromatic heterocycles. The number of halogens is 1. The van der Waals surface area contributed by atoms with Gasteiger partial charge in [0.2, 0.25) is 5.91 Å². The second-order valence-electron chi connectivity index (χ2n) is 5.80. The third-order valence-corrected chi connectivity index (χ3v) is 4.09. The van der Waals surface area contributed by atoms with E-state index in [4.69, 9.17) is 5.26 Å². The maximum Gasteiger partial charge on any atom is 0.253 e. The van der Waals surface area contributed by atoms with Crippen molar-refractivity contribution in [2.24, 2.45) is 0 Å². The third kappa shape index (κ3) is 4.77. The van der Waals surface area contributed by atoms with Crippen LogP contribution in [0.25, 0.3) is 0 Å². The lowest BCUT2D eigenvalue weighted by molar-refractivity contribution is -0.131. The monoisotopic (exact) mass is 332 g/mol. The fourth-order valence-corrected chi connectivity index (χ4v) is 2.54. The largest absolute Gasteiger partial charge is 0.344 e. The van der Waals surface area contributed by atoms with Gasteiger partial charge in [0.1, 0.15) is 5.82 Å². The lowest BCUT2D eigenvalue weighted by Crippen LogP contribution is -2.51. The van der Waals surface area contributed by atoms with E-state index in [0.29, 0.717) is 51.3 Å². The summed E-state index contributed by atoms with van der Waals surface area (Å²) in [5, 5.41) is 8.55. The minimum atomic E-state index is -0.365. The molecule has 24 heavy (non-hydrogen) atoms. The van der Waals surface area contributed by atoms with Crippen molar-refractivity contribution in [1.82, 2.24) is 14.7 Å². The zero-order valence-electron chi connectivity index (χ0n) is 13.7. The van der Waals surface area contributed by atoms with Crippen molar-refractivity contribution in [2.45, 2.75) is 6.42 Å². The molecular formula is C17H21FN4O2. The Morgan fingerprint density at radius 1 is 1.21 bits per heavy atom. The predicted octanol–water partition coefficient (Wildman–Crippen LogP) is 0.956. The third-order valence-electron chi connectivity index (χ3n) is 4.09. The summed E-state index contributed by atoms with van der Waals surface area (Å²) in [6, 6.07) is 7.54. The number of rotatable bonds is 5. The van der Waals surface area contributed by atoms with Gasteiger partial charge in [0.25, 0.3) is 5.91 Å². The van der Waals surface area contributed by atoms with E-state index < -0.39 is 0 Å². The fourth-order valence-electron chi connectivity index (χ4n) is 2.54. The van der Waals surface area contributed by atoms with E-state index in [1.54, 1.807) is 16.8 Å². The average molecular weight is 332 g/mol. The van der Waals surface area contributed by atoms with Gasteiger partial charge in [0, 0.05) is 45.3 Å². The van der Waals surface area contributed by atoms with Gasteiger partial charge in [-0.05, 0) is 24.3 Å². The van der Waals surface area contributed by atoms with Crippen LogP contribution in [0.3, 0.4) is 0 Å². The maximum atomic E-state index is 12.9. The molecule has 0 atom stereocenters. The average Bonchev–Trinajstić information content (AvgIpc) is 2.60. The first kappa shape index (κ1) is 17.9. The van der Waals surface area contributed by atoms with Crippen molar-refractivity contribution in [1.29, 1.82) is 5.26 Å². The van der Waals surface area contributed by atoms with Crippen LogP contribution < -0.4 is 0 Å². The predicted molar refractivity (Wildman–Crippen MR) is 86.6 cm³/mol. The SMILES string of the molecule is CN(CCC#N)C(=O)CN1CCN(C(=O)c2ccc(F)cc2)CC1. The molecular weight excluding hydrogens is 311 g/mol. The second kappa shape index (κ2) is 8.41. The Labute approximate surface area is 141 Å². The normalized spacial score (nSPS) is 15.0. The number of carbonyl (C=O) groups excluding carboxylic acids is 2. The van der Waals surface area contributed by atoms with Gasteiger partial charge in [-0.25, -0.2) is 4.39 Å². The number of nitrogens with zero attached hydrogens (tertiary/aromatic N) is 4. The summed E-state index contributed by atoms with van der Waals surface area (Å²) in [7, 11) is 1.69. The molecule has 0 spiro atoms. The molecule has 128 valence electrons. The number of likely N-dealkylation sites (N-methyl/N-ethyl adjacent to an activating group) is 1. The van der Waals surface area contributed by atoms with Crippen LogP contribution in [-0.4, -0.2) is 72.8 Å². The smallest absolute Gasteiger partial charge is 0.253 e. The highest BCUT2D eigenvalue weighted by molar-refractivity contribution is 5.94. The maximum absolute atomic E-state index is 12.9. The molecule has 1 saturated heterocycles. The Balaban J connectivity index is 1.81. The first-order valence-electron chi connectivity index (χ1n) is 7.89. The van der Waals surface area contributed by atoms with E-state index in [2.05, 4.69) is 0 Å². The van der Waals surface area contributed by atoms with Gasteiger partial charge >= 0.3 is 0 Å². The molecule has 0 saturated carbocycles. The minimum Gasteiger partial charge on any atom is -0.344 e. The van der Waals surface area contributed by atoms with Crippen molar-refractivity contribution in [2.75, 3.05) is 46.3 Å². The number of hydrogen-bond acceptors (Lipinski definition) is 4. The summed E-state index contributed by atoms with van der Waals surface area (Å²) in [5.74, 6) is -0.508. The van der Waals surface area contributed by atoms with Gasteiger partial charge in [-0.15, -0.1) is 0 Å². The Kier molecular flexibility index (Phi) is 6.27. The van der Waals surface area contributed by atoms with E-state index in [1.165, 1.54) is 24.3 Å². The number of nitriles is 1. The van der Waals surface area contributed by atoms with E-state index in [9.17, 15) is 14.0 Å². The molecule has 1 fully saturated rings. The molecule has 6 nitrogen and oxygen atoms in total.